The maximum atomic E-state index is 13.4. The largest absolute Gasteiger partial charge is 0.492 e. The number of nitrogens with one attached hydrogen (secondary N) is 1. The summed E-state index contributed by atoms with van der Waals surface area (Å²) in [6.07, 6.45) is 1.77. The molecule has 0 aliphatic carbocycles. The molecule has 0 aromatic heterocycles. The van der Waals surface area contributed by atoms with Gasteiger partial charge in [-0.1, -0.05) is 31.2 Å². The fraction of sp³-hybridized carbons (Fsp3) is 0.462. The van der Waals surface area contributed by atoms with Gasteiger partial charge in [-0.2, -0.15) is 0 Å². The molecular formula is C26H36FN3O5S. The van der Waals surface area contributed by atoms with Crippen molar-refractivity contribution < 1.29 is 27.1 Å². The van der Waals surface area contributed by atoms with E-state index in [2.05, 4.69) is 5.32 Å². The Labute approximate surface area is 213 Å². The van der Waals surface area contributed by atoms with Crippen molar-refractivity contribution in [2.24, 2.45) is 0 Å². The molecule has 0 bridgehead atoms. The highest BCUT2D eigenvalue weighted by molar-refractivity contribution is 7.92. The van der Waals surface area contributed by atoms with Crippen LogP contribution in [0.4, 0.5) is 10.1 Å². The van der Waals surface area contributed by atoms with Gasteiger partial charge in [0.2, 0.25) is 21.8 Å². The number of amides is 2. The van der Waals surface area contributed by atoms with Crippen LogP contribution in [0.15, 0.2) is 48.5 Å². The molecule has 1 N–H and O–H groups in total. The van der Waals surface area contributed by atoms with Crippen LogP contribution in [0, 0.1) is 5.82 Å². The van der Waals surface area contributed by atoms with Crippen LogP contribution >= 0.6 is 0 Å². The van der Waals surface area contributed by atoms with Gasteiger partial charge in [0.1, 0.15) is 17.6 Å². The summed E-state index contributed by atoms with van der Waals surface area (Å²) in [5.41, 5.74) is 1.10. The Kier molecular flexibility index (Phi) is 11.2. The second-order valence-corrected chi connectivity index (χ2v) is 10.2. The number of benzene rings is 2. The number of carbonyl (C=O) groups is 2. The van der Waals surface area contributed by atoms with Crippen LogP contribution in [0.2, 0.25) is 0 Å². The second kappa shape index (κ2) is 13.8. The van der Waals surface area contributed by atoms with Crippen molar-refractivity contribution in [1.82, 2.24) is 10.2 Å². The number of carbonyl (C=O) groups excluding carboxylic acids is 2. The Morgan fingerprint density at radius 3 is 2.31 bits per heavy atom. The summed E-state index contributed by atoms with van der Waals surface area (Å²) in [5, 5.41) is 2.77. The predicted octanol–water partition coefficient (Wildman–Crippen LogP) is 3.71. The molecule has 1 atom stereocenters. The third-order valence-electron chi connectivity index (χ3n) is 5.59. The zero-order chi connectivity index (χ0) is 26.7. The summed E-state index contributed by atoms with van der Waals surface area (Å²) >= 11 is 0. The number of hydrogen-bond donors (Lipinski definition) is 1. The lowest BCUT2D eigenvalue weighted by atomic mass is 10.1. The minimum Gasteiger partial charge on any atom is -0.492 e. The zero-order valence-corrected chi connectivity index (χ0v) is 22.2. The number of hydrogen-bond acceptors (Lipinski definition) is 5. The third kappa shape index (κ3) is 8.22. The van der Waals surface area contributed by atoms with Gasteiger partial charge in [-0.15, -0.1) is 0 Å². The summed E-state index contributed by atoms with van der Waals surface area (Å²) in [4.78, 5) is 27.5. The number of para-hydroxylation sites is 2. The van der Waals surface area contributed by atoms with Crippen LogP contribution in [-0.2, 0) is 26.2 Å². The molecule has 10 heteroatoms. The SMILES string of the molecule is CCNC(=O)[C@H](CC)N(Cc1ccc(F)cc1)C(=O)CCCN(c1ccccc1OCC)S(C)(=O)=O. The maximum absolute atomic E-state index is 13.4. The van der Waals surface area contributed by atoms with Crippen molar-refractivity contribution in [3.05, 3.63) is 59.9 Å². The highest BCUT2D eigenvalue weighted by Gasteiger charge is 2.29. The molecule has 0 unspecified atom stereocenters. The first-order valence-corrected chi connectivity index (χ1v) is 14.0. The van der Waals surface area contributed by atoms with E-state index in [1.807, 2.05) is 13.8 Å². The summed E-state index contributed by atoms with van der Waals surface area (Å²) in [6, 6.07) is 11.9. The highest BCUT2D eigenvalue weighted by atomic mass is 32.2. The Hall–Kier alpha value is -3.14. The van der Waals surface area contributed by atoms with Gasteiger partial charge in [0, 0.05) is 26.1 Å². The van der Waals surface area contributed by atoms with Gasteiger partial charge < -0.3 is 15.0 Å². The topological polar surface area (TPSA) is 96.0 Å². The first-order valence-electron chi connectivity index (χ1n) is 12.1. The first-order chi connectivity index (χ1) is 17.1. The summed E-state index contributed by atoms with van der Waals surface area (Å²) in [7, 11) is -3.64. The maximum Gasteiger partial charge on any atom is 0.242 e. The number of rotatable bonds is 14. The molecule has 0 saturated heterocycles. The summed E-state index contributed by atoms with van der Waals surface area (Å²) < 4.78 is 45.4. The van der Waals surface area contributed by atoms with Gasteiger partial charge in [0.15, 0.2) is 0 Å². The Morgan fingerprint density at radius 2 is 1.72 bits per heavy atom. The third-order valence-corrected chi connectivity index (χ3v) is 6.77. The van der Waals surface area contributed by atoms with Gasteiger partial charge in [-0.05, 0) is 56.5 Å². The van der Waals surface area contributed by atoms with Crippen LogP contribution in [0.5, 0.6) is 5.75 Å². The molecule has 2 aromatic carbocycles. The normalized spacial score (nSPS) is 12.0. The van der Waals surface area contributed by atoms with Crippen LogP contribution in [0.25, 0.3) is 0 Å². The van der Waals surface area contributed by atoms with Gasteiger partial charge in [-0.25, -0.2) is 12.8 Å². The number of nitrogens with zero attached hydrogens (tertiary/aromatic N) is 2. The molecular weight excluding hydrogens is 485 g/mol. The van der Waals surface area contributed by atoms with E-state index in [1.165, 1.54) is 21.3 Å². The molecule has 0 radical (unpaired) electrons. The van der Waals surface area contributed by atoms with Crippen molar-refractivity contribution in [2.45, 2.75) is 52.6 Å². The van der Waals surface area contributed by atoms with Gasteiger partial charge >= 0.3 is 0 Å². The molecule has 36 heavy (non-hydrogen) atoms. The molecule has 0 saturated carbocycles. The second-order valence-electron chi connectivity index (χ2n) is 8.31. The number of halogens is 1. The number of anilines is 1. The Bertz CT molecular complexity index is 1110. The lowest BCUT2D eigenvalue weighted by molar-refractivity contribution is -0.141. The number of likely N-dealkylation sites (N-methyl/N-ethyl adjacent to an activating group) is 1. The summed E-state index contributed by atoms with van der Waals surface area (Å²) in [5.74, 6) is -0.500. The molecule has 2 aromatic rings. The van der Waals surface area contributed by atoms with Crippen LogP contribution in [0.1, 0.15) is 45.6 Å². The van der Waals surface area contributed by atoms with Crippen LogP contribution < -0.4 is 14.4 Å². The molecule has 2 amide bonds. The van der Waals surface area contributed by atoms with Crippen molar-refractivity contribution in [1.29, 1.82) is 0 Å². The lowest BCUT2D eigenvalue weighted by Gasteiger charge is -2.31. The smallest absolute Gasteiger partial charge is 0.242 e. The molecule has 0 heterocycles. The molecule has 2 rings (SSSR count). The molecule has 0 aliphatic rings. The van der Waals surface area contributed by atoms with E-state index in [4.69, 9.17) is 4.74 Å². The minimum absolute atomic E-state index is 0.0277. The molecule has 0 aliphatic heterocycles. The van der Waals surface area contributed by atoms with E-state index in [-0.39, 0.29) is 43.6 Å². The molecule has 198 valence electrons. The van der Waals surface area contributed by atoms with E-state index < -0.39 is 16.1 Å². The quantitative estimate of drug-likeness (QED) is 0.409. The van der Waals surface area contributed by atoms with E-state index in [1.54, 1.807) is 43.3 Å². The lowest BCUT2D eigenvalue weighted by Crippen LogP contribution is -2.49. The zero-order valence-electron chi connectivity index (χ0n) is 21.4. The molecule has 0 fully saturated rings. The predicted molar refractivity (Wildman–Crippen MR) is 139 cm³/mol. The molecule has 0 spiro atoms. The highest BCUT2D eigenvalue weighted by Crippen LogP contribution is 2.30. The first kappa shape index (κ1) is 29.1. The van der Waals surface area contributed by atoms with E-state index in [9.17, 15) is 22.4 Å². The standard InChI is InChI=1S/C26H36FN3O5S/c1-5-22(26(32)28-6-2)29(19-20-14-16-21(27)17-15-20)25(31)13-10-18-30(36(4,33)34)23-11-8-9-12-24(23)35-7-3/h8-9,11-12,14-17,22H,5-7,10,13,18-19H2,1-4H3,(H,28,32)/t22-/m0/s1. The Balaban J connectivity index is 2.23. The minimum atomic E-state index is -3.64. The number of sulfonamides is 1. The average Bonchev–Trinajstić information content (AvgIpc) is 2.83. The molecule has 8 nitrogen and oxygen atoms in total. The van der Waals surface area contributed by atoms with Crippen LogP contribution in [-0.4, -0.2) is 57.1 Å². The van der Waals surface area contributed by atoms with Gasteiger partial charge in [0.25, 0.3) is 0 Å². The van der Waals surface area contributed by atoms with E-state index >= 15 is 0 Å². The van der Waals surface area contributed by atoms with Crippen molar-refractivity contribution in [3.63, 3.8) is 0 Å². The van der Waals surface area contributed by atoms with Crippen molar-refractivity contribution in [2.75, 3.05) is 30.3 Å². The average molecular weight is 522 g/mol. The fourth-order valence-electron chi connectivity index (χ4n) is 3.92. The number of ether oxygens (including phenoxy) is 1. The van der Waals surface area contributed by atoms with Crippen molar-refractivity contribution in [3.8, 4) is 5.75 Å². The van der Waals surface area contributed by atoms with E-state index in [0.717, 1.165) is 6.26 Å². The Morgan fingerprint density at radius 1 is 1.06 bits per heavy atom. The monoisotopic (exact) mass is 521 g/mol. The van der Waals surface area contributed by atoms with Crippen molar-refractivity contribution >= 4 is 27.5 Å². The van der Waals surface area contributed by atoms with Crippen LogP contribution in [0.3, 0.4) is 0 Å². The summed E-state index contributed by atoms with van der Waals surface area (Å²) in [6.45, 7) is 6.45. The van der Waals surface area contributed by atoms with E-state index in [0.29, 0.717) is 36.6 Å². The van der Waals surface area contributed by atoms with Gasteiger partial charge in [-0.3, -0.25) is 13.9 Å². The van der Waals surface area contributed by atoms with Gasteiger partial charge in [0.05, 0.1) is 18.6 Å². The fourth-order valence-corrected chi connectivity index (χ4v) is 4.89.